The van der Waals surface area contributed by atoms with E-state index in [1.54, 1.807) is 24.4 Å². The largest absolute Gasteiger partial charge is 0.350 e. The second-order valence-electron chi connectivity index (χ2n) is 8.82. The number of carbonyl (C=O) groups is 1. The van der Waals surface area contributed by atoms with Crippen LogP contribution in [0.4, 0.5) is 8.78 Å². The first kappa shape index (κ1) is 22.8. The molecule has 0 aliphatic heterocycles. The first-order chi connectivity index (χ1) is 16.0. The molecular weight excluding hydrogens is 418 g/mol. The summed E-state index contributed by atoms with van der Waals surface area (Å²) in [5.74, 6) is -0.803. The zero-order valence-electron chi connectivity index (χ0n) is 18.7. The number of amides is 1. The number of nitrogens with zero attached hydrogens (tertiary/aromatic N) is 1. The van der Waals surface area contributed by atoms with Crippen molar-refractivity contribution in [2.45, 2.75) is 44.1 Å². The predicted molar refractivity (Wildman–Crippen MR) is 126 cm³/mol. The van der Waals surface area contributed by atoms with Crippen molar-refractivity contribution in [2.75, 3.05) is 0 Å². The van der Waals surface area contributed by atoms with Gasteiger partial charge >= 0.3 is 0 Å². The molecule has 1 aliphatic rings. The van der Waals surface area contributed by atoms with Crippen molar-refractivity contribution in [3.63, 3.8) is 0 Å². The molecule has 0 saturated heterocycles. The molecule has 1 aromatic heterocycles. The normalized spacial score (nSPS) is 17.6. The zero-order valence-corrected chi connectivity index (χ0v) is 18.7. The van der Waals surface area contributed by atoms with Crippen molar-refractivity contribution in [1.82, 2.24) is 10.3 Å². The molecule has 2 aromatic carbocycles. The lowest BCUT2D eigenvalue weighted by Gasteiger charge is -2.18. The van der Waals surface area contributed by atoms with Gasteiger partial charge in [0.2, 0.25) is 5.91 Å². The Morgan fingerprint density at radius 1 is 1.12 bits per heavy atom. The highest BCUT2D eigenvalue weighted by atomic mass is 19.1. The number of pyridine rings is 1. The number of hydrogen-bond acceptors (Lipinski definition) is 2. The molecule has 1 amide bonds. The lowest BCUT2D eigenvalue weighted by Crippen LogP contribution is -2.31. The summed E-state index contributed by atoms with van der Waals surface area (Å²) >= 11 is 0. The van der Waals surface area contributed by atoms with E-state index in [1.807, 2.05) is 37.4 Å². The van der Waals surface area contributed by atoms with Gasteiger partial charge in [-0.25, -0.2) is 8.78 Å². The summed E-state index contributed by atoms with van der Waals surface area (Å²) in [6.07, 6.45) is 10.5. The lowest BCUT2D eigenvalue weighted by molar-refractivity contribution is -0.117. The molecule has 0 unspecified atom stereocenters. The first-order valence-electron chi connectivity index (χ1n) is 11.4. The molecule has 3 nitrogen and oxygen atoms in total. The molecule has 0 spiro atoms. The highest BCUT2D eigenvalue weighted by Crippen LogP contribution is 2.59. The van der Waals surface area contributed by atoms with Gasteiger partial charge in [0, 0.05) is 23.9 Å². The molecule has 2 atom stereocenters. The van der Waals surface area contributed by atoms with Crippen molar-refractivity contribution >= 4 is 5.91 Å². The van der Waals surface area contributed by atoms with E-state index < -0.39 is 5.41 Å². The number of halogens is 2. The molecule has 1 fully saturated rings. The summed E-state index contributed by atoms with van der Waals surface area (Å²) < 4.78 is 27.9. The van der Waals surface area contributed by atoms with E-state index in [9.17, 15) is 13.6 Å². The minimum atomic E-state index is -0.518. The van der Waals surface area contributed by atoms with Crippen LogP contribution >= 0.6 is 0 Å². The maximum absolute atomic E-state index is 14.0. The third kappa shape index (κ3) is 5.54. The molecule has 33 heavy (non-hydrogen) atoms. The molecule has 0 bridgehead atoms. The first-order valence-corrected chi connectivity index (χ1v) is 11.4. The fourth-order valence-corrected chi connectivity index (χ4v) is 4.61. The highest BCUT2D eigenvalue weighted by molar-refractivity contribution is 5.87. The summed E-state index contributed by atoms with van der Waals surface area (Å²) in [5, 5.41) is 3.01. The van der Waals surface area contributed by atoms with Gasteiger partial charge in [0.15, 0.2) is 0 Å². The van der Waals surface area contributed by atoms with Gasteiger partial charge in [-0.1, -0.05) is 36.4 Å². The number of aromatic nitrogens is 1. The topological polar surface area (TPSA) is 42.0 Å². The van der Waals surface area contributed by atoms with Crippen LogP contribution in [-0.2, 0) is 16.6 Å². The number of nitrogens with one attached hydrogen (secondary N) is 1. The van der Waals surface area contributed by atoms with Crippen LogP contribution in [0.25, 0.3) is 0 Å². The molecule has 1 saturated carbocycles. The quantitative estimate of drug-likeness (QED) is 0.425. The molecule has 1 aliphatic carbocycles. The Hall–Kier alpha value is -3.34. The van der Waals surface area contributed by atoms with Gasteiger partial charge in [0.1, 0.15) is 11.6 Å². The van der Waals surface area contributed by atoms with Crippen LogP contribution < -0.4 is 5.32 Å². The maximum atomic E-state index is 14.0. The third-order valence-electron chi connectivity index (χ3n) is 6.39. The van der Waals surface area contributed by atoms with E-state index in [2.05, 4.69) is 16.4 Å². The van der Waals surface area contributed by atoms with Crippen LogP contribution in [0, 0.1) is 17.6 Å². The van der Waals surface area contributed by atoms with Gasteiger partial charge in [0.05, 0.1) is 0 Å². The van der Waals surface area contributed by atoms with Crippen LogP contribution in [0.15, 0.2) is 85.2 Å². The zero-order chi connectivity index (χ0) is 23.3. The summed E-state index contributed by atoms with van der Waals surface area (Å²) in [5.41, 5.74) is 2.27. The van der Waals surface area contributed by atoms with Crippen LogP contribution in [0.5, 0.6) is 0 Å². The molecule has 0 radical (unpaired) electrons. The summed E-state index contributed by atoms with van der Waals surface area (Å²) in [7, 11) is 0. The average Bonchev–Trinajstić information content (AvgIpc) is 3.54. The van der Waals surface area contributed by atoms with Gasteiger partial charge in [-0.2, -0.15) is 0 Å². The Bertz CT molecular complexity index is 1080. The minimum absolute atomic E-state index is 0.00673. The Kier molecular flexibility index (Phi) is 6.97. The highest BCUT2D eigenvalue weighted by Gasteiger charge is 2.55. The number of allylic oxidation sites excluding steroid dienone is 1. The Balaban J connectivity index is 1.38. The molecule has 1 N–H and O–H groups in total. The van der Waals surface area contributed by atoms with E-state index in [1.165, 1.54) is 29.8 Å². The van der Waals surface area contributed by atoms with Crippen molar-refractivity contribution in [3.8, 4) is 0 Å². The van der Waals surface area contributed by atoms with Crippen LogP contribution in [0.3, 0.4) is 0 Å². The molecule has 3 aromatic rings. The van der Waals surface area contributed by atoms with Crippen LogP contribution in [-0.4, -0.2) is 16.9 Å². The van der Waals surface area contributed by atoms with Crippen molar-refractivity contribution < 1.29 is 13.6 Å². The summed E-state index contributed by atoms with van der Waals surface area (Å²) in [4.78, 5) is 16.6. The van der Waals surface area contributed by atoms with Crippen molar-refractivity contribution in [2.24, 2.45) is 5.92 Å². The van der Waals surface area contributed by atoms with Gasteiger partial charge in [-0.05, 0) is 91.6 Å². The standard InChI is InChI=1S/C28H28F2N2O/c1-20(6-2-7-21-8-5-15-31-19-21)32-27(33)14-13-24-18-28(24,22-9-3-11-25(29)16-22)23-10-4-12-26(30)17-23/h3-5,8-17,19-20,24H,2,6-7,18H2,1H3,(H,32,33)/t20-,24-/m0/s1. The average molecular weight is 447 g/mol. The Labute approximate surface area is 193 Å². The SMILES string of the molecule is C[C@@H](CCCc1cccnc1)NC(=O)C=C[C@H]1CC1(c1cccc(F)c1)c1cccc(F)c1. The minimum Gasteiger partial charge on any atom is -0.350 e. The fourth-order valence-electron chi connectivity index (χ4n) is 4.61. The van der Waals surface area contributed by atoms with E-state index in [0.717, 1.165) is 30.4 Å². The predicted octanol–water partition coefficient (Wildman–Crippen LogP) is 5.75. The molecule has 5 heteroatoms. The Morgan fingerprint density at radius 3 is 2.42 bits per heavy atom. The third-order valence-corrected chi connectivity index (χ3v) is 6.39. The monoisotopic (exact) mass is 446 g/mol. The summed E-state index contributed by atoms with van der Waals surface area (Å²) in [6, 6.07) is 16.9. The van der Waals surface area contributed by atoms with Crippen LogP contribution in [0.1, 0.15) is 42.9 Å². The maximum Gasteiger partial charge on any atom is 0.243 e. The number of rotatable bonds is 9. The molecule has 4 rings (SSSR count). The van der Waals surface area contributed by atoms with Crippen LogP contribution in [0.2, 0.25) is 0 Å². The molecule has 1 heterocycles. The second-order valence-corrected chi connectivity index (χ2v) is 8.82. The number of aryl methyl sites for hydroxylation is 1. The van der Waals surface area contributed by atoms with E-state index >= 15 is 0 Å². The fraction of sp³-hybridized carbons (Fsp3) is 0.286. The second kappa shape index (κ2) is 10.1. The lowest BCUT2D eigenvalue weighted by atomic mass is 9.85. The van der Waals surface area contributed by atoms with Crippen molar-refractivity contribution in [3.05, 3.63) is 114 Å². The number of carbonyl (C=O) groups excluding carboxylic acids is 1. The van der Waals surface area contributed by atoms with E-state index in [4.69, 9.17) is 0 Å². The van der Waals surface area contributed by atoms with Gasteiger partial charge in [-0.3, -0.25) is 9.78 Å². The number of benzene rings is 2. The molecule has 170 valence electrons. The molecular formula is C28H28F2N2O. The van der Waals surface area contributed by atoms with Gasteiger partial charge in [-0.15, -0.1) is 0 Å². The van der Waals surface area contributed by atoms with E-state index in [-0.39, 0.29) is 29.5 Å². The summed E-state index contributed by atoms with van der Waals surface area (Å²) in [6.45, 7) is 2.00. The van der Waals surface area contributed by atoms with Gasteiger partial charge < -0.3 is 5.32 Å². The number of hydrogen-bond donors (Lipinski definition) is 1. The van der Waals surface area contributed by atoms with E-state index in [0.29, 0.717) is 6.42 Å². The smallest absolute Gasteiger partial charge is 0.243 e. The van der Waals surface area contributed by atoms with Gasteiger partial charge in [0.25, 0.3) is 0 Å². The Morgan fingerprint density at radius 2 is 1.82 bits per heavy atom. The van der Waals surface area contributed by atoms with Crippen molar-refractivity contribution in [1.29, 1.82) is 0 Å².